The van der Waals surface area contributed by atoms with Crippen molar-refractivity contribution >= 4 is 0 Å². The van der Waals surface area contributed by atoms with Crippen LogP contribution in [0, 0.1) is 0 Å². The van der Waals surface area contributed by atoms with Gasteiger partial charge in [-0.05, 0) is 27.2 Å². The molecular weight excluding hydrogens is 256 g/mol. The van der Waals surface area contributed by atoms with Gasteiger partial charge >= 0.3 is 0 Å². The summed E-state index contributed by atoms with van der Waals surface area (Å²) in [6.45, 7) is 12.7. The van der Waals surface area contributed by atoms with E-state index in [0.717, 1.165) is 31.8 Å². The average molecular weight is 284 g/mol. The Labute approximate surface area is 121 Å². The summed E-state index contributed by atoms with van der Waals surface area (Å²) >= 11 is 0. The molecule has 1 N–H and O–H groups in total. The van der Waals surface area contributed by atoms with Crippen LogP contribution in [0.2, 0.25) is 0 Å². The quantitative estimate of drug-likeness (QED) is 0.661. The molecule has 0 aliphatic heterocycles. The molecule has 0 fully saturated rings. The first-order valence-electron chi connectivity index (χ1n) is 7.31. The van der Waals surface area contributed by atoms with Gasteiger partial charge in [-0.25, -0.2) is 4.68 Å². The average Bonchev–Trinajstić information content (AvgIpc) is 2.82. The van der Waals surface area contributed by atoms with Gasteiger partial charge in [0.05, 0.1) is 32.1 Å². The van der Waals surface area contributed by atoms with E-state index < -0.39 is 0 Å². The van der Waals surface area contributed by atoms with Crippen molar-refractivity contribution in [2.75, 3.05) is 26.4 Å². The number of aromatic nitrogens is 3. The van der Waals surface area contributed by atoms with Gasteiger partial charge in [0.1, 0.15) is 0 Å². The first-order chi connectivity index (χ1) is 9.51. The fourth-order valence-corrected chi connectivity index (χ4v) is 1.51. The maximum atomic E-state index is 5.48. The van der Waals surface area contributed by atoms with Crippen molar-refractivity contribution in [3.63, 3.8) is 0 Å². The van der Waals surface area contributed by atoms with Crippen LogP contribution in [-0.2, 0) is 22.6 Å². The van der Waals surface area contributed by atoms with E-state index in [4.69, 9.17) is 9.47 Å². The molecule has 0 aliphatic carbocycles. The van der Waals surface area contributed by atoms with Crippen molar-refractivity contribution in [3.05, 3.63) is 11.9 Å². The molecule has 0 radical (unpaired) electrons. The minimum atomic E-state index is 0.0887. The Bertz CT molecular complexity index is 360. The normalized spacial score (nSPS) is 12.0. The summed E-state index contributed by atoms with van der Waals surface area (Å²) in [5, 5.41) is 11.6. The number of ether oxygens (including phenoxy) is 2. The lowest BCUT2D eigenvalue weighted by Crippen LogP contribution is -2.35. The molecule has 0 unspecified atom stereocenters. The molecule has 0 amide bonds. The Morgan fingerprint density at radius 3 is 2.50 bits per heavy atom. The van der Waals surface area contributed by atoms with E-state index in [2.05, 4.69) is 43.3 Å². The summed E-state index contributed by atoms with van der Waals surface area (Å²) in [4.78, 5) is 0. The third-order valence-corrected chi connectivity index (χ3v) is 2.57. The van der Waals surface area contributed by atoms with E-state index in [-0.39, 0.29) is 5.54 Å². The van der Waals surface area contributed by atoms with E-state index in [9.17, 15) is 0 Å². The monoisotopic (exact) mass is 284 g/mol. The van der Waals surface area contributed by atoms with Gasteiger partial charge in [0, 0.05) is 24.9 Å². The Balaban J connectivity index is 2.11. The van der Waals surface area contributed by atoms with Crippen LogP contribution in [0.3, 0.4) is 0 Å². The fraction of sp³-hybridized carbons (Fsp3) is 0.857. The van der Waals surface area contributed by atoms with Gasteiger partial charge in [0.2, 0.25) is 0 Å². The molecule has 0 bridgehead atoms. The van der Waals surface area contributed by atoms with Crippen LogP contribution < -0.4 is 5.32 Å². The van der Waals surface area contributed by atoms with Crippen LogP contribution in [0.15, 0.2) is 6.20 Å². The number of nitrogens with one attached hydrogen (secondary N) is 1. The summed E-state index contributed by atoms with van der Waals surface area (Å²) in [5.74, 6) is 0. The van der Waals surface area contributed by atoms with Crippen LogP contribution >= 0.6 is 0 Å². The number of hydrogen-bond donors (Lipinski definition) is 1. The van der Waals surface area contributed by atoms with Gasteiger partial charge in [-0.2, -0.15) is 0 Å². The molecule has 1 aromatic heterocycles. The molecule has 6 nitrogen and oxygen atoms in total. The fourth-order valence-electron chi connectivity index (χ4n) is 1.51. The molecule has 0 saturated carbocycles. The standard InChI is InChI=1S/C14H28N4O2/c1-5-7-19-9-10-20-8-6-18-12-13(16-17-18)11-15-14(2,3)4/h12,15H,5-11H2,1-4H3. The highest BCUT2D eigenvalue weighted by Gasteiger charge is 2.09. The molecular formula is C14H28N4O2. The summed E-state index contributed by atoms with van der Waals surface area (Å²) in [6.07, 6.45) is 3.00. The molecule has 0 spiro atoms. The van der Waals surface area contributed by atoms with E-state index in [0.29, 0.717) is 19.8 Å². The second kappa shape index (κ2) is 9.05. The molecule has 1 rings (SSSR count). The van der Waals surface area contributed by atoms with E-state index >= 15 is 0 Å². The molecule has 0 aliphatic rings. The Kier molecular flexibility index (Phi) is 7.72. The van der Waals surface area contributed by atoms with Crippen molar-refractivity contribution in [1.29, 1.82) is 0 Å². The zero-order valence-corrected chi connectivity index (χ0v) is 13.2. The van der Waals surface area contributed by atoms with Crippen molar-refractivity contribution in [1.82, 2.24) is 20.3 Å². The third-order valence-electron chi connectivity index (χ3n) is 2.57. The summed E-state index contributed by atoms with van der Waals surface area (Å²) in [5.41, 5.74) is 1.04. The maximum absolute atomic E-state index is 5.48. The summed E-state index contributed by atoms with van der Waals surface area (Å²) in [7, 11) is 0. The van der Waals surface area contributed by atoms with Gasteiger partial charge in [0.25, 0.3) is 0 Å². The zero-order chi connectivity index (χ0) is 14.8. The number of nitrogens with zero attached hydrogens (tertiary/aromatic N) is 3. The lowest BCUT2D eigenvalue weighted by atomic mass is 10.1. The first-order valence-corrected chi connectivity index (χ1v) is 7.31. The topological polar surface area (TPSA) is 61.2 Å². The van der Waals surface area contributed by atoms with Crippen LogP contribution in [0.4, 0.5) is 0 Å². The Hall–Kier alpha value is -0.980. The summed E-state index contributed by atoms with van der Waals surface area (Å²) in [6, 6.07) is 0. The molecule has 0 atom stereocenters. The Morgan fingerprint density at radius 2 is 1.85 bits per heavy atom. The molecule has 20 heavy (non-hydrogen) atoms. The predicted molar refractivity (Wildman–Crippen MR) is 78.5 cm³/mol. The smallest absolute Gasteiger partial charge is 0.0965 e. The number of hydrogen-bond acceptors (Lipinski definition) is 5. The van der Waals surface area contributed by atoms with Crippen LogP contribution in [0.5, 0.6) is 0 Å². The van der Waals surface area contributed by atoms with Gasteiger partial charge in [0.15, 0.2) is 0 Å². The SMILES string of the molecule is CCCOCCOCCn1cc(CNC(C)(C)C)nn1. The van der Waals surface area contributed by atoms with Crippen molar-refractivity contribution in [2.24, 2.45) is 0 Å². The van der Waals surface area contributed by atoms with Gasteiger partial charge in [-0.3, -0.25) is 0 Å². The minimum Gasteiger partial charge on any atom is -0.379 e. The Morgan fingerprint density at radius 1 is 1.15 bits per heavy atom. The predicted octanol–water partition coefficient (Wildman–Crippen LogP) is 1.61. The van der Waals surface area contributed by atoms with E-state index in [1.165, 1.54) is 0 Å². The maximum Gasteiger partial charge on any atom is 0.0965 e. The van der Waals surface area contributed by atoms with E-state index in [1.54, 1.807) is 0 Å². The second-order valence-corrected chi connectivity index (χ2v) is 5.80. The molecule has 6 heteroatoms. The second-order valence-electron chi connectivity index (χ2n) is 5.80. The largest absolute Gasteiger partial charge is 0.379 e. The molecule has 1 heterocycles. The highest BCUT2D eigenvalue weighted by atomic mass is 16.5. The van der Waals surface area contributed by atoms with Crippen LogP contribution in [-0.4, -0.2) is 47.0 Å². The van der Waals surface area contributed by atoms with Gasteiger partial charge in [-0.1, -0.05) is 12.1 Å². The highest BCUT2D eigenvalue weighted by molar-refractivity contribution is 4.92. The van der Waals surface area contributed by atoms with E-state index in [1.807, 2.05) is 10.9 Å². The van der Waals surface area contributed by atoms with Crippen molar-refractivity contribution < 1.29 is 9.47 Å². The van der Waals surface area contributed by atoms with Crippen LogP contribution in [0.1, 0.15) is 39.8 Å². The lowest BCUT2D eigenvalue weighted by Gasteiger charge is -2.19. The minimum absolute atomic E-state index is 0.0887. The molecule has 1 aromatic rings. The third kappa shape index (κ3) is 8.24. The molecule has 116 valence electrons. The van der Waals surface area contributed by atoms with Crippen LogP contribution in [0.25, 0.3) is 0 Å². The zero-order valence-electron chi connectivity index (χ0n) is 13.2. The molecule has 0 saturated heterocycles. The van der Waals surface area contributed by atoms with Gasteiger partial charge < -0.3 is 14.8 Å². The van der Waals surface area contributed by atoms with Gasteiger partial charge in [-0.15, -0.1) is 5.10 Å². The van der Waals surface area contributed by atoms with Crippen molar-refractivity contribution in [2.45, 2.75) is 52.7 Å². The highest BCUT2D eigenvalue weighted by Crippen LogP contribution is 2.01. The molecule has 0 aromatic carbocycles. The van der Waals surface area contributed by atoms with Crippen molar-refractivity contribution in [3.8, 4) is 0 Å². The lowest BCUT2D eigenvalue weighted by molar-refractivity contribution is 0.0441. The first kappa shape index (κ1) is 17.1. The number of rotatable bonds is 10. The summed E-state index contributed by atoms with van der Waals surface area (Å²) < 4.78 is 12.6.